The third kappa shape index (κ3) is 4.30. The van der Waals surface area contributed by atoms with E-state index in [9.17, 15) is 13.2 Å². The lowest BCUT2D eigenvalue weighted by molar-refractivity contribution is -0.133. The van der Waals surface area contributed by atoms with Crippen LogP contribution >= 0.6 is 11.8 Å². The molecule has 0 unspecified atom stereocenters. The van der Waals surface area contributed by atoms with Crippen molar-refractivity contribution >= 4 is 27.6 Å². The molecule has 1 heterocycles. The summed E-state index contributed by atoms with van der Waals surface area (Å²) in [6.45, 7) is 0.443. The normalized spacial score (nSPS) is 11.5. The van der Waals surface area contributed by atoms with Gasteiger partial charge in [-0.15, -0.1) is 10.2 Å². The smallest absolute Gasteiger partial charge is 0.313 e. The van der Waals surface area contributed by atoms with Crippen molar-refractivity contribution in [3.05, 3.63) is 36.2 Å². The maximum atomic E-state index is 11.4. The second kappa shape index (κ2) is 6.27. The van der Waals surface area contributed by atoms with Crippen LogP contribution in [-0.4, -0.2) is 46.3 Å². The van der Waals surface area contributed by atoms with Gasteiger partial charge < -0.3 is 9.67 Å². The number of nitrogens with zero attached hydrogens (tertiary/aromatic N) is 3. The van der Waals surface area contributed by atoms with Crippen molar-refractivity contribution in [2.24, 2.45) is 0 Å². The molecule has 112 valence electrons. The van der Waals surface area contributed by atoms with Crippen molar-refractivity contribution in [1.29, 1.82) is 0 Å². The van der Waals surface area contributed by atoms with Gasteiger partial charge in [0.15, 0.2) is 15.0 Å². The summed E-state index contributed by atoms with van der Waals surface area (Å²) < 4.78 is 24.5. The Morgan fingerprint density at radius 3 is 2.57 bits per heavy atom. The second-order valence-electron chi connectivity index (χ2n) is 4.34. The van der Waals surface area contributed by atoms with E-state index in [0.29, 0.717) is 11.7 Å². The summed E-state index contributed by atoms with van der Waals surface area (Å²) in [5, 5.41) is 16.8. The molecule has 1 aromatic heterocycles. The number of thioether (sulfide) groups is 1. The number of hydrogen-bond acceptors (Lipinski definition) is 6. The lowest BCUT2D eigenvalue weighted by Gasteiger charge is -2.06. The quantitative estimate of drug-likeness (QED) is 0.787. The first-order valence-corrected chi connectivity index (χ1v) is 8.75. The molecular weight excluding hydrogens is 314 g/mol. The van der Waals surface area contributed by atoms with Gasteiger partial charge in [-0.3, -0.25) is 4.79 Å². The van der Waals surface area contributed by atoms with Crippen LogP contribution < -0.4 is 0 Å². The Morgan fingerprint density at radius 1 is 1.33 bits per heavy atom. The molecule has 0 radical (unpaired) electrons. The summed E-state index contributed by atoms with van der Waals surface area (Å²) >= 11 is 1.08. The van der Waals surface area contributed by atoms with Crippen LogP contribution in [0.1, 0.15) is 5.56 Å². The van der Waals surface area contributed by atoms with Crippen molar-refractivity contribution in [2.75, 3.05) is 12.0 Å². The van der Waals surface area contributed by atoms with Crippen molar-refractivity contribution in [2.45, 2.75) is 16.6 Å². The minimum absolute atomic E-state index is 0.0916. The van der Waals surface area contributed by atoms with E-state index in [2.05, 4.69) is 10.2 Å². The summed E-state index contributed by atoms with van der Waals surface area (Å²) in [5.74, 6) is -1.02. The third-order valence-electron chi connectivity index (χ3n) is 2.61. The van der Waals surface area contributed by atoms with E-state index in [4.69, 9.17) is 5.11 Å². The maximum Gasteiger partial charge on any atom is 0.313 e. The fourth-order valence-electron chi connectivity index (χ4n) is 1.63. The Bertz CT molecular complexity index is 738. The van der Waals surface area contributed by atoms with E-state index < -0.39 is 15.8 Å². The van der Waals surface area contributed by atoms with Crippen LogP contribution in [0.3, 0.4) is 0 Å². The number of carboxylic acid groups (broad SMARTS) is 1. The van der Waals surface area contributed by atoms with Gasteiger partial charge in [0.05, 0.1) is 17.2 Å². The zero-order valence-electron chi connectivity index (χ0n) is 11.1. The van der Waals surface area contributed by atoms with Crippen LogP contribution in [0.4, 0.5) is 0 Å². The summed E-state index contributed by atoms with van der Waals surface area (Å²) in [7, 11) is -3.21. The lowest BCUT2D eigenvalue weighted by atomic mass is 10.2. The molecular formula is C12H13N3O4S2. The highest BCUT2D eigenvalue weighted by molar-refractivity contribution is 7.99. The van der Waals surface area contributed by atoms with Crippen molar-refractivity contribution in [3.63, 3.8) is 0 Å². The lowest BCUT2D eigenvalue weighted by Crippen LogP contribution is -2.04. The molecule has 2 aromatic rings. The molecule has 0 amide bonds. The first-order chi connectivity index (χ1) is 9.86. The summed E-state index contributed by atoms with van der Waals surface area (Å²) in [5.41, 5.74) is 0.874. The van der Waals surface area contributed by atoms with Gasteiger partial charge in [-0.2, -0.15) is 0 Å². The van der Waals surface area contributed by atoms with Gasteiger partial charge >= 0.3 is 5.97 Å². The predicted octanol–water partition coefficient (Wildman–Crippen LogP) is 0.907. The minimum Gasteiger partial charge on any atom is -0.481 e. The number of aliphatic carboxylic acids is 1. The SMILES string of the molecule is CS(=O)(=O)c1ccc(Cn2cnnc2SCC(=O)O)cc1. The molecule has 0 spiro atoms. The highest BCUT2D eigenvalue weighted by Crippen LogP contribution is 2.17. The van der Waals surface area contributed by atoms with Gasteiger partial charge in [-0.1, -0.05) is 23.9 Å². The van der Waals surface area contributed by atoms with Gasteiger partial charge in [0.2, 0.25) is 0 Å². The van der Waals surface area contributed by atoms with Crippen LogP contribution in [0, 0.1) is 0 Å². The van der Waals surface area contributed by atoms with Gasteiger partial charge in [0.25, 0.3) is 0 Å². The molecule has 9 heteroatoms. The highest BCUT2D eigenvalue weighted by atomic mass is 32.2. The summed E-state index contributed by atoms with van der Waals surface area (Å²) in [6.07, 6.45) is 2.66. The minimum atomic E-state index is -3.21. The van der Waals surface area contributed by atoms with E-state index in [0.717, 1.165) is 23.6 Å². The fraction of sp³-hybridized carbons (Fsp3) is 0.250. The van der Waals surface area contributed by atoms with Crippen LogP contribution in [0.15, 0.2) is 40.6 Å². The second-order valence-corrected chi connectivity index (χ2v) is 7.30. The number of benzene rings is 1. The molecule has 0 aliphatic carbocycles. The zero-order valence-corrected chi connectivity index (χ0v) is 12.8. The Hall–Kier alpha value is -1.87. The highest BCUT2D eigenvalue weighted by Gasteiger charge is 2.09. The van der Waals surface area contributed by atoms with Crippen molar-refractivity contribution < 1.29 is 18.3 Å². The molecule has 0 atom stereocenters. The predicted molar refractivity (Wildman–Crippen MR) is 77.0 cm³/mol. The maximum absolute atomic E-state index is 11.4. The molecule has 0 fully saturated rings. The van der Waals surface area contributed by atoms with Crippen LogP contribution in [0.25, 0.3) is 0 Å². The Morgan fingerprint density at radius 2 is 2.00 bits per heavy atom. The van der Waals surface area contributed by atoms with Crippen LogP contribution in [-0.2, 0) is 21.2 Å². The Balaban J connectivity index is 2.12. The molecule has 21 heavy (non-hydrogen) atoms. The standard InChI is InChI=1S/C12H13N3O4S2/c1-21(18,19)10-4-2-9(3-5-10)6-15-8-13-14-12(15)20-7-11(16)17/h2-5,8H,6-7H2,1H3,(H,16,17). The number of carboxylic acids is 1. The Kier molecular flexibility index (Phi) is 4.63. The van der Waals surface area contributed by atoms with Gasteiger partial charge in [0, 0.05) is 6.26 Å². The molecule has 0 bridgehead atoms. The van der Waals surface area contributed by atoms with E-state index in [1.165, 1.54) is 6.33 Å². The molecule has 7 nitrogen and oxygen atoms in total. The molecule has 0 aliphatic heterocycles. The van der Waals surface area contributed by atoms with E-state index in [1.807, 2.05) is 0 Å². The zero-order chi connectivity index (χ0) is 15.5. The van der Waals surface area contributed by atoms with Crippen LogP contribution in [0.5, 0.6) is 0 Å². The molecule has 2 rings (SSSR count). The molecule has 0 saturated carbocycles. The van der Waals surface area contributed by atoms with E-state index in [-0.39, 0.29) is 10.6 Å². The number of carbonyl (C=O) groups is 1. The largest absolute Gasteiger partial charge is 0.481 e. The van der Waals surface area contributed by atoms with E-state index >= 15 is 0 Å². The van der Waals surface area contributed by atoms with Crippen molar-refractivity contribution in [3.8, 4) is 0 Å². The average molecular weight is 327 g/mol. The molecule has 1 N–H and O–H groups in total. The summed E-state index contributed by atoms with van der Waals surface area (Å²) in [4.78, 5) is 10.8. The van der Waals surface area contributed by atoms with Crippen molar-refractivity contribution in [1.82, 2.24) is 14.8 Å². The van der Waals surface area contributed by atoms with Gasteiger partial charge in [-0.25, -0.2) is 8.42 Å². The number of aromatic nitrogens is 3. The number of rotatable bonds is 6. The van der Waals surface area contributed by atoms with Gasteiger partial charge in [-0.05, 0) is 17.7 Å². The summed E-state index contributed by atoms with van der Waals surface area (Å²) in [6, 6.07) is 6.50. The monoisotopic (exact) mass is 327 g/mol. The molecule has 0 saturated heterocycles. The van der Waals surface area contributed by atoms with Crippen LogP contribution in [0.2, 0.25) is 0 Å². The van der Waals surface area contributed by atoms with Gasteiger partial charge in [0.1, 0.15) is 6.33 Å². The first kappa shape index (κ1) is 15.5. The molecule has 1 aromatic carbocycles. The fourth-order valence-corrected chi connectivity index (χ4v) is 2.90. The third-order valence-corrected chi connectivity index (χ3v) is 4.70. The van der Waals surface area contributed by atoms with E-state index in [1.54, 1.807) is 28.8 Å². The first-order valence-electron chi connectivity index (χ1n) is 5.87. The topological polar surface area (TPSA) is 102 Å². The number of sulfone groups is 1. The number of hydrogen-bond donors (Lipinski definition) is 1. The average Bonchev–Trinajstić information content (AvgIpc) is 2.83. The Labute approximate surface area is 125 Å². The molecule has 0 aliphatic rings.